The number of nitrogens with zero attached hydrogens (tertiary/aromatic N) is 6. The number of nitrogen functional groups attached to an aromatic ring is 1. The van der Waals surface area contributed by atoms with Crippen LogP contribution in [0.2, 0.25) is 0 Å². The van der Waals surface area contributed by atoms with Gasteiger partial charge in [0.1, 0.15) is 11.6 Å². The topological polar surface area (TPSA) is 96.3 Å². The van der Waals surface area contributed by atoms with Gasteiger partial charge in [-0.2, -0.15) is 5.10 Å². The predicted octanol–water partition coefficient (Wildman–Crippen LogP) is 3.17. The number of phenolic OH excluding ortho intramolecular Hbond substituents is 1. The molecule has 2 atom stereocenters. The minimum absolute atomic E-state index is 0.118. The summed E-state index contributed by atoms with van der Waals surface area (Å²) in [7, 11) is 4.29. The summed E-state index contributed by atoms with van der Waals surface area (Å²) in [5.41, 5.74) is 7.77. The van der Waals surface area contributed by atoms with E-state index in [0.29, 0.717) is 29.0 Å². The Kier molecular flexibility index (Phi) is 5.35. The summed E-state index contributed by atoms with van der Waals surface area (Å²) in [6, 6.07) is 11.3. The van der Waals surface area contributed by atoms with Crippen molar-refractivity contribution < 1.29 is 5.11 Å². The quantitative estimate of drug-likeness (QED) is 0.668. The second kappa shape index (κ2) is 7.85. The van der Waals surface area contributed by atoms with E-state index in [1.165, 1.54) is 0 Å². The molecule has 4 rings (SSSR count). The number of anilines is 2. The standard InChI is InChI=1S/C23H31N7O/c1-15-19(10-12-28(4)23(15,2)3)29(5)22-9-8-18(25-26-22)17-7-6-16(14-20(17)31)30-13-11-21(24)27-30/h6-9,11,13-15,19,31H,10,12H2,1-5H3,(H2,24,27). The number of aromatic hydroxyl groups is 1. The second-order valence-corrected chi connectivity index (χ2v) is 8.99. The minimum atomic E-state index is 0.118. The van der Waals surface area contributed by atoms with Gasteiger partial charge < -0.3 is 20.6 Å². The highest BCUT2D eigenvalue weighted by atomic mass is 16.3. The first-order valence-electron chi connectivity index (χ1n) is 10.6. The van der Waals surface area contributed by atoms with Crippen LogP contribution in [0.1, 0.15) is 27.2 Å². The largest absolute Gasteiger partial charge is 0.507 e. The van der Waals surface area contributed by atoms with Gasteiger partial charge in [0.15, 0.2) is 5.82 Å². The van der Waals surface area contributed by atoms with Gasteiger partial charge in [-0.3, -0.25) is 0 Å². The third kappa shape index (κ3) is 3.83. The number of aromatic nitrogens is 4. The Morgan fingerprint density at radius 1 is 1.16 bits per heavy atom. The zero-order chi connectivity index (χ0) is 22.3. The van der Waals surface area contributed by atoms with E-state index >= 15 is 0 Å². The summed E-state index contributed by atoms with van der Waals surface area (Å²) < 4.78 is 1.62. The van der Waals surface area contributed by atoms with Crippen molar-refractivity contribution in [3.63, 3.8) is 0 Å². The molecule has 164 valence electrons. The van der Waals surface area contributed by atoms with Crippen LogP contribution in [0, 0.1) is 5.92 Å². The van der Waals surface area contributed by atoms with E-state index in [0.717, 1.165) is 24.5 Å². The van der Waals surface area contributed by atoms with Crippen molar-refractivity contribution >= 4 is 11.6 Å². The van der Waals surface area contributed by atoms with E-state index < -0.39 is 0 Å². The minimum Gasteiger partial charge on any atom is -0.507 e. The molecular formula is C23H31N7O. The molecule has 3 heterocycles. The fourth-order valence-electron chi connectivity index (χ4n) is 4.40. The molecule has 1 fully saturated rings. The van der Waals surface area contributed by atoms with Crippen LogP contribution in [-0.2, 0) is 0 Å². The van der Waals surface area contributed by atoms with Gasteiger partial charge in [0.2, 0.25) is 0 Å². The molecule has 0 spiro atoms. The van der Waals surface area contributed by atoms with E-state index in [1.807, 2.05) is 24.3 Å². The molecule has 8 nitrogen and oxygen atoms in total. The van der Waals surface area contributed by atoms with Gasteiger partial charge in [-0.05, 0) is 57.5 Å². The molecule has 0 aliphatic carbocycles. The summed E-state index contributed by atoms with van der Waals surface area (Å²) in [4.78, 5) is 4.67. The van der Waals surface area contributed by atoms with Crippen LogP contribution in [0.5, 0.6) is 5.75 Å². The summed E-state index contributed by atoms with van der Waals surface area (Å²) >= 11 is 0. The Bertz CT molecular complexity index is 1060. The van der Waals surface area contributed by atoms with Crippen LogP contribution in [0.15, 0.2) is 42.6 Å². The molecular weight excluding hydrogens is 390 g/mol. The summed E-state index contributed by atoms with van der Waals surface area (Å²) in [6.07, 6.45) is 2.83. The van der Waals surface area contributed by atoms with Crippen LogP contribution in [0.3, 0.4) is 0 Å². The Morgan fingerprint density at radius 3 is 2.55 bits per heavy atom. The van der Waals surface area contributed by atoms with Gasteiger partial charge in [-0.15, -0.1) is 10.2 Å². The summed E-state index contributed by atoms with van der Waals surface area (Å²) in [6.45, 7) is 7.97. The van der Waals surface area contributed by atoms with Gasteiger partial charge in [0.25, 0.3) is 0 Å². The maximum Gasteiger partial charge on any atom is 0.151 e. The number of likely N-dealkylation sites (tertiary alicyclic amines) is 1. The highest BCUT2D eigenvalue weighted by molar-refractivity contribution is 5.69. The molecule has 0 bridgehead atoms. The van der Waals surface area contributed by atoms with Crippen LogP contribution in [0.25, 0.3) is 16.9 Å². The Balaban J connectivity index is 1.54. The fraction of sp³-hybridized carbons (Fsp3) is 0.435. The molecule has 0 saturated carbocycles. The first-order chi connectivity index (χ1) is 14.7. The maximum absolute atomic E-state index is 10.6. The number of piperidine rings is 1. The van der Waals surface area contributed by atoms with E-state index in [9.17, 15) is 5.11 Å². The third-order valence-electron chi connectivity index (χ3n) is 7.08. The van der Waals surface area contributed by atoms with Gasteiger partial charge >= 0.3 is 0 Å². The van der Waals surface area contributed by atoms with Gasteiger partial charge in [0.05, 0.1) is 11.4 Å². The lowest BCUT2D eigenvalue weighted by Gasteiger charge is -2.51. The fourth-order valence-corrected chi connectivity index (χ4v) is 4.40. The molecule has 2 aromatic heterocycles. The van der Waals surface area contributed by atoms with Crippen molar-refractivity contribution in [1.29, 1.82) is 0 Å². The number of hydrogen-bond acceptors (Lipinski definition) is 7. The smallest absolute Gasteiger partial charge is 0.151 e. The van der Waals surface area contributed by atoms with Crippen molar-refractivity contribution in [1.82, 2.24) is 24.9 Å². The highest BCUT2D eigenvalue weighted by Gasteiger charge is 2.41. The van der Waals surface area contributed by atoms with Crippen molar-refractivity contribution in [2.45, 2.75) is 38.8 Å². The van der Waals surface area contributed by atoms with E-state index in [2.05, 4.69) is 60.0 Å². The lowest BCUT2D eigenvalue weighted by atomic mass is 9.77. The van der Waals surface area contributed by atoms with Crippen LogP contribution >= 0.6 is 0 Å². The first kappa shape index (κ1) is 21.1. The van der Waals surface area contributed by atoms with Crippen molar-refractivity contribution in [3.8, 4) is 22.7 Å². The van der Waals surface area contributed by atoms with E-state index in [4.69, 9.17) is 5.73 Å². The zero-order valence-corrected chi connectivity index (χ0v) is 18.8. The van der Waals surface area contributed by atoms with Gasteiger partial charge in [-0.25, -0.2) is 4.68 Å². The molecule has 2 unspecified atom stereocenters. The molecule has 1 aliphatic heterocycles. The van der Waals surface area contributed by atoms with Crippen molar-refractivity contribution in [2.75, 3.05) is 31.3 Å². The second-order valence-electron chi connectivity index (χ2n) is 8.99. The van der Waals surface area contributed by atoms with Gasteiger partial charge in [-0.1, -0.05) is 6.92 Å². The molecule has 0 radical (unpaired) electrons. The number of rotatable bonds is 4. The number of nitrogens with two attached hydrogens (primary N) is 1. The lowest BCUT2D eigenvalue weighted by molar-refractivity contribution is 0.0391. The van der Waals surface area contributed by atoms with Crippen LogP contribution in [-0.4, -0.2) is 62.2 Å². The monoisotopic (exact) mass is 421 g/mol. The molecule has 3 N–H and O–H groups in total. The maximum atomic E-state index is 10.6. The summed E-state index contributed by atoms with van der Waals surface area (Å²) in [5, 5.41) is 23.6. The molecule has 1 aromatic carbocycles. The van der Waals surface area contributed by atoms with Crippen LogP contribution in [0.4, 0.5) is 11.6 Å². The van der Waals surface area contributed by atoms with E-state index in [-0.39, 0.29) is 11.3 Å². The molecule has 1 saturated heterocycles. The van der Waals surface area contributed by atoms with Crippen LogP contribution < -0.4 is 10.6 Å². The van der Waals surface area contributed by atoms with Crippen molar-refractivity contribution in [2.24, 2.45) is 5.92 Å². The van der Waals surface area contributed by atoms with Gasteiger partial charge in [0, 0.05) is 49.1 Å². The molecule has 1 aliphatic rings. The average molecular weight is 422 g/mol. The molecule has 0 amide bonds. The van der Waals surface area contributed by atoms with E-state index in [1.54, 1.807) is 23.0 Å². The average Bonchev–Trinajstić information content (AvgIpc) is 3.19. The Morgan fingerprint density at radius 2 is 1.94 bits per heavy atom. The number of benzene rings is 1. The summed E-state index contributed by atoms with van der Waals surface area (Å²) in [5.74, 6) is 1.86. The highest BCUT2D eigenvalue weighted by Crippen LogP contribution is 2.36. The Hall–Kier alpha value is -3.13. The lowest BCUT2D eigenvalue weighted by Crippen LogP contribution is -2.59. The third-order valence-corrected chi connectivity index (χ3v) is 7.08. The number of phenols is 1. The normalized spacial score (nSPS) is 21.2. The first-order valence-corrected chi connectivity index (χ1v) is 10.6. The molecule has 3 aromatic rings. The molecule has 31 heavy (non-hydrogen) atoms. The number of hydrogen-bond donors (Lipinski definition) is 2. The predicted molar refractivity (Wildman–Crippen MR) is 123 cm³/mol. The molecule has 8 heteroatoms. The zero-order valence-electron chi connectivity index (χ0n) is 18.8. The van der Waals surface area contributed by atoms with Crippen molar-refractivity contribution in [3.05, 3.63) is 42.6 Å². The SMILES string of the molecule is CC1C(N(C)c2ccc(-c3ccc(-n4ccc(N)n4)cc3O)nn2)CCN(C)C1(C)C. The Labute approximate surface area is 183 Å².